The van der Waals surface area contributed by atoms with Gasteiger partial charge in [0.25, 0.3) is 10.0 Å². The number of hydrogen-bond donors (Lipinski definition) is 1. The monoisotopic (exact) mass is 331 g/mol. The van der Waals surface area contributed by atoms with E-state index in [1.807, 2.05) is 13.0 Å². The predicted molar refractivity (Wildman–Crippen MR) is 90.1 cm³/mol. The van der Waals surface area contributed by atoms with E-state index in [-0.39, 0.29) is 10.4 Å². The average molecular weight is 331 g/mol. The standard InChI is InChI=1S/C16H17N3O3S/c1-10-4-5-11(2)15(8-10)23(21,22)19-14-9-12(17)6-7-13(14)18(3)16(19)20/h4-9H,17H2,1-3H3. The van der Waals surface area contributed by atoms with Gasteiger partial charge in [-0.05, 0) is 49.2 Å². The number of anilines is 1. The molecule has 0 aliphatic heterocycles. The summed E-state index contributed by atoms with van der Waals surface area (Å²) in [6.07, 6.45) is 0. The summed E-state index contributed by atoms with van der Waals surface area (Å²) in [5.41, 5.74) is 7.73. The molecule has 7 heteroatoms. The molecule has 23 heavy (non-hydrogen) atoms. The lowest BCUT2D eigenvalue weighted by Gasteiger charge is -2.10. The molecule has 0 radical (unpaired) electrons. The summed E-state index contributed by atoms with van der Waals surface area (Å²) in [6.45, 7) is 3.51. The molecule has 0 aliphatic rings. The Morgan fingerprint density at radius 1 is 1.00 bits per heavy atom. The molecule has 120 valence electrons. The van der Waals surface area contributed by atoms with E-state index >= 15 is 0 Å². The number of benzene rings is 2. The summed E-state index contributed by atoms with van der Waals surface area (Å²) < 4.78 is 28.3. The molecular weight excluding hydrogens is 314 g/mol. The molecule has 0 aliphatic carbocycles. The Labute approximate surface area is 133 Å². The van der Waals surface area contributed by atoms with Crippen molar-refractivity contribution in [2.45, 2.75) is 18.7 Å². The molecule has 3 aromatic rings. The van der Waals surface area contributed by atoms with Crippen molar-refractivity contribution in [2.75, 3.05) is 5.73 Å². The minimum Gasteiger partial charge on any atom is -0.399 e. The van der Waals surface area contributed by atoms with E-state index in [1.54, 1.807) is 31.2 Å². The van der Waals surface area contributed by atoms with Crippen LogP contribution in [0.3, 0.4) is 0 Å². The van der Waals surface area contributed by atoms with Crippen LogP contribution in [0.2, 0.25) is 0 Å². The van der Waals surface area contributed by atoms with Gasteiger partial charge in [-0.25, -0.2) is 13.2 Å². The quantitative estimate of drug-likeness (QED) is 0.725. The summed E-state index contributed by atoms with van der Waals surface area (Å²) in [5, 5.41) is 0. The van der Waals surface area contributed by atoms with Crippen LogP contribution in [0.1, 0.15) is 11.1 Å². The second-order valence-electron chi connectivity index (χ2n) is 5.63. The highest BCUT2D eigenvalue weighted by molar-refractivity contribution is 7.90. The zero-order valence-electron chi connectivity index (χ0n) is 13.1. The SMILES string of the molecule is Cc1ccc(C)c(S(=O)(=O)n2c(=O)n(C)c3ccc(N)cc32)c1. The van der Waals surface area contributed by atoms with Gasteiger partial charge in [-0.3, -0.25) is 4.57 Å². The summed E-state index contributed by atoms with van der Waals surface area (Å²) in [4.78, 5) is 12.6. The fraction of sp³-hybridized carbons (Fsp3) is 0.188. The van der Waals surface area contributed by atoms with E-state index in [0.29, 0.717) is 16.8 Å². The van der Waals surface area contributed by atoms with E-state index < -0.39 is 15.7 Å². The zero-order valence-corrected chi connectivity index (χ0v) is 13.9. The molecule has 0 amide bonds. The molecular formula is C16H17N3O3S. The first kappa shape index (κ1) is 15.4. The minimum atomic E-state index is -4.02. The lowest BCUT2D eigenvalue weighted by molar-refractivity contribution is 0.585. The van der Waals surface area contributed by atoms with Gasteiger partial charge in [0.1, 0.15) is 0 Å². The molecule has 0 spiro atoms. The largest absolute Gasteiger partial charge is 0.399 e. The van der Waals surface area contributed by atoms with Crippen LogP contribution in [0.5, 0.6) is 0 Å². The highest BCUT2D eigenvalue weighted by atomic mass is 32.2. The highest BCUT2D eigenvalue weighted by Gasteiger charge is 2.26. The van der Waals surface area contributed by atoms with E-state index in [1.165, 1.54) is 17.7 Å². The van der Waals surface area contributed by atoms with E-state index in [0.717, 1.165) is 9.54 Å². The van der Waals surface area contributed by atoms with E-state index in [2.05, 4.69) is 0 Å². The van der Waals surface area contributed by atoms with Gasteiger partial charge < -0.3 is 5.73 Å². The normalized spacial score (nSPS) is 12.0. The molecule has 0 unspecified atom stereocenters. The first-order valence-corrected chi connectivity index (χ1v) is 8.47. The molecule has 1 aromatic heterocycles. The summed E-state index contributed by atoms with van der Waals surface area (Å²) in [7, 11) is -2.48. The van der Waals surface area contributed by atoms with Crippen molar-refractivity contribution < 1.29 is 8.42 Å². The van der Waals surface area contributed by atoms with Crippen LogP contribution in [-0.4, -0.2) is 17.0 Å². The van der Waals surface area contributed by atoms with Crippen LogP contribution in [-0.2, 0) is 17.1 Å². The fourth-order valence-corrected chi connectivity index (χ4v) is 4.38. The Morgan fingerprint density at radius 3 is 2.39 bits per heavy atom. The predicted octanol–water partition coefficient (Wildman–Crippen LogP) is 1.78. The maximum atomic E-state index is 13.1. The Morgan fingerprint density at radius 2 is 1.70 bits per heavy atom. The maximum absolute atomic E-state index is 13.1. The van der Waals surface area contributed by atoms with Crippen LogP contribution < -0.4 is 11.4 Å². The third-order valence-corrected chi connectivity index (χ3v) is 5.73. The Kier molecular flexibility index (Phi) is 3.33. The first-order chi connectivity index (χ1) is 10.7. The molecule has 3 rings (SSSR count). The second kappa shape index (κ2) is 4.99. The number of aromatic nitrogens is 2. The van der Waals surface area contributed by atoms with Crippen LogP contribution in [0, 0.1) is 13.8 Å². The van der Waals surface area contributed by atoms with E-state index in [9.17, 15) is 13.2 Å². The molecule has 0 atom stereocenters. The molecule has 2 aromatic carbocycles. The minimum absolute atomic E-state index is 0.120. The lowest BCUT2D eigenvalue weighted by atomic mass is 10.2. The number of nitrogen functional groups attached to an aromatic ring is 1. The summed E-state index contributed by atoms with van der Waals surface area (Å²) in [6, 6.07) is 9.91. The number of rotatable bonds is 2. The van der Waals surface area contributed by atoms with Crippen molar-refractivity contribution in [3.8, 4) is 0 Å². The van der Waals surface area contributed by atoms with Crippen LogP contribution in [0.15, 0.2) is 46.1 Å². The number of hydrogen-bond acceptors (Lipinski definition) is 4. The fourth-order valence-electron chi connectivity index (χ4n) is 2.64. The number of nitrogens with two attached hydrogens (primary N) is 1. The third kappa shape index (κ3) is 2.24. The molecule has 0 saturated carbocycles. The number of aryl methyl sites for hydroxylation is 3. The van der Waals surface area contributed by atoms with E-state index in [4.69, 9.17) is 5.73 Å². The molecule has 0 saturated heterocycles. The van der Waals surface area contributed by atoms with Gasteiger partial charge in [0.15, 0.2) is 0 Å². The van der Waals surface area contributed by atoms with Crippen molar-refractivity contribution in [1.29, 1.82) is 0 Å². The van der Waals surface area contributed by atoms with Crippen LogP contribution in [0.25, 0.3) is 11.0 Å². The first-order valence-electron chi connectivity index (χ1n) is 7.03. The summed E-state index contributed by atoms with van der Waals surface area (Å²) in [5.74, 6) is 0. The van der Waals surface area contributed by atoms with Gasteiger partial charge in [-0.2, -0.15) is 3.97 Å². The van der Waals surface area contributed by atoms with Gasteiger partial charge >= 0.3 is 5.69 Å². The van der Waals surface area contributed by atoms with Crippen molar-refractivity contribution in [3.63, 3.8) is 0 Å². The Balaban J connectivity index is 2.45. The molecule has 1 heterocycles. The topological polar surface area (TPSA) is 87.1 Å². The van der Waals surface area contributed by atoms with Gasteiger partial charge in [0, 0.05) is 12.7 Å². The maximum Gasteiger partial charge on any atom is 0.343 e. The smallest absolute Gasteiger partial charge is 0.343 e. The van der Waals surface area contributed by atoms with Crippen molar-refractivity contribution in [1.82, 2.24) is 8.54 Å². The van der Waals surface area contributed by atoms with Crippen molar-refractivity contribution >= 4 is 26.7 Å². The van der Waals surface area contributed by atoms with Crippen molar-refractivity contribution in [2.24, 2.45) is 7.05 Å². The van der Waals surface area contributed by atoms with Gasteiger partial charge in [-0.1, -0.05) is 12.1 Å². The molecule has 0 bridgehead atoms. The Hall–Kier alpha value is -2.54. The number of nitrogens with zero attached hydrogens (tertiary/aromatic N) is 2. The van der Waals surface area contributed by atoms with Crippen molar-refractivity contribution in [3.05, 3.63) is 58.0 Å². The van der Waals surface area contributed by atoms with Gasteiger partial charge in [0.2, 0.25) is 0 Å². The second-order valence-corrected chi connectivity index (χ2v) is 7.38. The average Bonchev–Trinajstić information content (AvgIpc) is 2.73. The number of imidazole rings is 1. The van der Waals surface area contributed by atoms with Gasteiger partial charge in [0.05, 0.1) is 15.9 Å². The molecule has 6 nitrogen and oxygen atoms in total. The molecule has 0 fully saturated rings. The third-order valence-electron chi connectivity index (χ3n) is 3.90. The Bertz CT molecular complexity index is 1090. The van der Waals surface area contributed by atoms with Gasteiger partial charge in [-0.15, -0.1) is 0 Å². The lowest BCUT2D eigenvalue weighted by Crippen LogP contribution is -2.28. The number of fused-ring (bicyclic) bond motifs is 1. The van der Waals surface area contributed by atoms with Crippen LogP contribution >= 0.6 is 0 Å². The summed E-state index contributed by atoms with van der Waals surface area (Å²) >= 11 is 0. The molecule has 2 N–H and O–H groups in total. The highest BCUT2D eigenvalue weighted by Crippen LogP contribution is 2.24. The van der Waals surface area contributed by atoms with Crippen LogP contribution in [0.4, 0.5) is 5.69 Å². The zero-order chi connectivity index (χ0) is 16.9.